The molecule has 2 heterocycles. The molecule has 2 N–H and O–H groups in total. The first-order chi connectivity index (χ1) is 11.5. The van der Waals surface area contributed by atoms with E-state index in [2.05, 4.69) is 48.6 Å². The summed E-state index contributed by atoms with van der Waals surface area (Å²) in [4.78, 5) is 18.7. The molecule has 24 heavy (non-hydrogen) atoms. The lowest BCUT2D eigenvalue weighted by atomic mass is 9.84. The van der Waals surface area contributed by atoms with E-state index in [-0.39, 0.29) is 5.41 Å². The van der Waals surface area contributed by atoms with Gasteiger partial charge in [0, 0.05) is 12.0 Å². The highest BCUT2D eigenvalue weighted by Crippen LogP contribution is 2.38. The molecule has 0 aliphatic rings. The van der Waals surface area contributed by atoms with Gasteiger partial charge in [-0.2, -0.15) is 0 Å². The number of rotatable bonds is 6. The number of thiophene rings is 1. The fourth-order valence-corrected chi connectivity index (χ4v) is 3.68. The summed E-state index contributed by atoms with van der Waals surface area (Å²) in [6.07, 6.45) is 0.736. The average Bonchev–Trinajstić information content (AvgIpc) is 3.14. The fraction of sp³-hybridized carbons (Fsp3) is 0.333. The summed E-state index contributed by atoms with van der Waals surface area (Å²) in [6, 6.07) is 6.19. The first-order valence-electron chi connectivity index (χ1n) is 7.76. The molecule has 0 unspecified atom stereocenters. The van der Waals surface area contributed by atoms with Crippen molar-refractivity contribution in [3.63, 3.8) is 0 Å². The normalized spacial score (nSPS) is 11.7. The van der Waals surface area contributed by atoms with Crippen LogP contribution in [-0.2, 0) is 10.2 Å². The highest BCUT2D eigenvalue weighted by molar-refractivity contribution is 7.12. The third-order valence-corrected chi connectivity index (χ3v) is 5.31. The highest BCUT2D eigenvalue weighted by atomic mass is 32.1. The maximum atomic E-state index is 10.6. The number of carbonyl (C=O) groups is 1. The van der Waals surface area contributed by atoms with E-state index in [4.69, 9.17) is 9.72 Å². The molecule has 0 saturated heterocycles. The molecular weight excluding hydrogens is 322 g/mol. The number of methoxy groups -OCH3 is 1. The molecule has 0 atom stereocenters. The second-order valence-corrected chi connectivity index (χ2v) is 7.33. The van der Waals surface area contributed by atoms with Crippen LogP contribution in [0.4, 0.5) is 0 Å². The number of hydrogen-bond acceptors (Lipinski definition) is 4. The third kappa shape index (κ3) is 2.89. The Kier molecular flexibility index (Phi) is 4.32. The minimum Gasteiger partial charge on any atom is -0.487 e. The lowest BCUT2D eigenvalue weighted by Gasteiger charge is -2.24. The van der Waals surface area contributed by atoms with Gasteiger partial charge in [-0.3, -0.25) is 4.79 Å². The van der Waals surface area contributed by atoms with Gasteiger partial charge in [0.2, 0.25) is 6.41 Å². The third-order valence-electron chi connectivity index (χ3n) is 4.25. The van der Waals surface area contributed by atoms with Crippen molar-refractivity contribution in [1.82, 2.24) is 15.3 Å². The van der Waals surface area contributed by atoms with Crippen LogP contribution < -0.4 is 10.1 Å². The molecule has 0 aliphatic heterocycles. The Hall–Kier alpha value is -2.34. The molecule has 0 aliphatic carbocycles. The number of carbonyl (C=O) groups excluding carboxylic acids is 1. The maximum absolute atomic E-state index is 10.6. The zero-order chi connectivity index (χ0) is 17.3. The first-order valence-corrected chi connectivity index (χ1v) is 8.64. The van der Waals surface area contributed by atoms with E-state index in [0.717, 1.165) is 45.0 Å². The lowest BCUT2D eigenvalue weighted by molar-refractivity contribution is -0.109. The summed E-state index contributed by atoms with van der Waals surface area (Å²) in [5.41, 5.74) is 5.05. The largest absolute Gasteiger partial charge is 0.487 e. The second-order valence-electron chi connectivity index (χ2n) is 6.49. The van der Waals surface area contributed by atoms with E-state index in [1.165, 1.54) is 0 Å². The molecular formula is C18H21N3O2S. The summed E-state index contributed by atoms with van der Waals surface area (Å²) < 4.78 is 5.46. The number of aromatic nitrogens is 2. The van der Waals surface area contributed by atoms with Crippen LogP contribution in [0.25, 0.3) is 22.4 Å². The number of aryl methyl sites for hydroxylation is 1. The van der Waals surface area contributed by atoms with Gasteiger partial charge in [0.25, 0.3) is 0 Å². The number of H-pyrrole nitrogens is 1. The minimum atomic E-state index is -0.156. The van der Waals surface area contributed by atoms with E-state index in [9.17, 15) is 4.79 Å². The molecule has 126 valence electrons. The Bertz CT molecular complexity index is 880. The quantitative estimate of drug-likeness (QED) is 0.672. The number of aromatic amines is 1. The molecule has 3 aromatic rings. The molecule has 1 aromatic carbocycles. The molecule has 5 nitrogen and oxygen atoms in total. The van der Waals surface area contributed by atoms with Crippen LogP contribution in [0.5, 0.6) is 5.06 Å². The SMILES string of the molecule is COc1scc(C)c1-c1nc2ccc(C(C)(C)CNC=O)cc2[nH]1. The lowest BCUT2D eigenvalue weighted by Crippen LogP contribution is -2.32. The standard InChI is InChI=1S/C18H21N3O2S/c1-11-8-24-17(23-4)15(11)16-20-13-6-5-12(7-14(13)21-16)18(2,3)9-19-10-22/h5-8,10H,9H2,1-4H3,(H,19,22)(H,20,21). The fourth-order valence-electron chi connectivity index (χ4n) is 2.80. The van der Waals surface area contributed by atoms with E-state index < -0.39 is 0 Å². The Morgan fingerprint density at radius 2 is 2.21 bits per heavy atom. The van der Waals surface area contributed by atoms with Gasteiger partial charge in [0.1, 0.15) is 5.82 Å². The van der Waals surface area contributed by atoms with Crippen LogP contribution in [0, 0.1) is 6.92 Å². The number of nitrogens with one attached hydrogen (secondary N) is 2. The van der Waals surface area contributed by atoms with Crippen molar-refractivity contribution in [2.45, 2.75) is 26.2 Å². The predicted molar refractivity (Wildman–Crippen MR) is 97.8 cm³/mol. The molecule has 0 fully saturated rings. The van der Waals surface area contributed by atoms with Crippen molar-refractivity contribution in [3.05, 3.63) is 34.7 Å². The zero-order valence-corrected chi connectivity index (χ0v) is 15.1. The summed E-state index contributed by atoms with van der Waals surface area (Å²) in [6.45, 7) is 6.85. The van der Waals surface area contributed by atoms with Crippen LogP contribution in [0.2, 0.25) is 0 Å². The van der Waals surface area contributed by atoms with Crippen LogP contribution in [0.15, 0.2) is 23.6 Å². The van der Waals surface area contributed by atoms with Gasteiger partial charge in [-0.05, 0) is 35.6 Å². The van der Waals surface area contributed by atoms with E-state index >= 15 is 0 Å². The number of fused-ring (bicyclic) bond motifs is 1. The Labute approximate surface area is 145 Å². The van der Waals surface area contributed by atoms with Gasteiger partial charge in [-0.1, -0.05) is 19.9 Å². The number of benzene rings is 1. The summed E-state index contributed by atoms with van der Waals surface area (Å²) in [5.74, 6) is 0.821. The monoisotopic (exact) mass is 343 g/mol. The van der Waals surface area contributed by atoms with Crippen LogP contribution in [0.1, 0.15) is 25.0 Å². The smallest absolute Gasteiger partial charge is 0.207 e. The van der Waals surface area contributed by atoms with Gasteiger partial charge in [0.05, 0.1) is 23.7 Å². The first kappa shape index (κ1) is 16.5. The van der Waals surface area contributed by atoms with Gasteiger partial charge in [-0.25, -0.2) is 4.98 Å². The Balaban J connectivity index is 2.03. The average molecular weight is 343 g/mol. The van der Waals surface area contributed by atoms with Gasteiger partial charge in [0.15, 0.2) is 5.06 Å². The van der Waals surface area contributed by atoms with Crippen LogP contribution >= 0.6 is 11.3 Å². The van der Waals surface area contributed by atoms with Gasteiger partial charge >= 0.3 is 0 Å². The molecule has 2 aromatic heterocycles. The Morgan fingerprint density at radius 1 is 1.42 bits per heavy atom. The van der Waals surface area contributed by atoms with Crippen molar-refractivity contribution >= 4 is 28.8 Å². The van der Waals surface area contributed by atoms with Gasteiger partial charge in [-0.15, -0.1) is 11.3 Å². The van der Waals surface area contributed by atoms with Crippen molar-refractivity contribution < 1.29 is 9.53 Å². The maximum Gasteiger partial charge on any atom is 0.207 e. The van der Waals surface area contributed by atoms with E-state index in [0.29, 0.717) is 6.54 Å². The summed E-state index contributed by atoms with van der Waals surface area (Å²) in [5, 5.41) is 5.70. The topological polar surface area (TPSA) is 67.0 Å². The highest BCUT2D eigenvalue weighted by Gasteiger charge is 2.22. The van der Waals surface area contributed by atoms with Crippen LogP contribution in [0.3, 0.4) is 0 Å². The summed E-state index contributed by atoms with van der Waals surface area (Å²) in [7, 11) is 1.68. The predicted octanol–water partition coefficient (Wildman–Crippen LogP) is 3.63. The molecule has 0 bridgehead atoms. The number of imidazole rings is 1. The van der Waals surface area contributed by atoms with Crippen LogP contribution in [-0.4, -0.2) is 30.0 Å². The second kappa shape index (κ2) is 6.28. The number of nitrogens with zero attached hydrogens (tertiary/aromatic N) is 1. The number of hydrogen-bond donors (Lipinski definition) is 2. The number of amides is 1. The molecule has 1 amide bonds. The van der Waals surface area contributed by atoms with E-state index in [1.807, 2.05) is 6.07 Å². The molecule has 0 spiro atoms. The van der Waals surface area contributed by atoms with Crippen molar-refractivity contribution in [2.24, 2.45) is 0 Å². The molecule has 3 rings (SSSR count). The van der Waals surface area contributed by atoms with Gasteiger partial charge < -0.3 is 15.0 Å². The molecule has 6 heteroatoms. The molecule has 0 saturated carbocycles. The summed E-state index contributed by atoms with van der Waals surface area (Å²) >= 11 is 1.57. The van der Waals surface area contributed by atoms with Crippen molar-refractivity contribution in [1.29, 1.82) is 0 Å². The Morgan fingerprint density at radius 3 is 2.92 bits per heavy atom. The van der Waals surface area contributed by atoms with E-state index in [1.54, 1.807) is 18.4 Å². The number of ether oxygens (including phenoxy) is 1. The zero-order valence-electron chi connectivity index (χ0n) is 14.3. The van der Waals surface area contributed by atoms with Crippen molar-refractivity contribution in [3.8, 4) is 16.5 Å². The van der Waals surface area contributed by atoms with Crippen molar-refractivity contribution in [2.75, 3.05) is 13.7 Å². The minimum absolute atomic E-state index is 0.156. The molecule has 0 radical (unpaired) electrons.